The minimum atomic E-state index is -4.25. The van der Waals surface area contributed by atoms with Crippen molar-refractivity contribution in [1.29, 1.82) is 0 Å². The number of hydrogen-bond donors (Lipinski definition) is 0. The first kappa shape index (κ1) is 26.0. The van der Waals surface area contributed by atoms with Crippen molar-refractivity contribution in [3.63, 3.8) is 0 Å². The zero-order valence-corrected chi connectivity index (χ0v) is 18.9. The SMILES string of the molecule is CCCCCCCCC(CCCCCc1ccc(C(F)(F)F)cc1)C(C)(C)OC. The molecule has 0 radical (unpaired) electrons. The summed E-state index contributed by atoms with van der Waals surface area (Å²) in [6.07, 6.45) is 10.1. The number of rotatable bonds is 15. The van der Waals surface area contributed by atoms with Crippen LogP contribution in [0.25, 0.3) is 0 Å². The van der Waals surface area contributed by atoms with Gasteiger partial charge in [0, 0.05) is 7.11 Å². The van der Waals surface area contributed by atoms with Crippen molar-refractivity contribution in [3.8, 4) is 0 Å². The quantitative estimate of drug-likeness (QED) is 0.261. The molecule has 0 saturated carbocycles. The van der Waals surface area contributed by atoms with Gasteiger partial charge in [-0.3, -0.25) is 0 Å². The Balaban J connectivity index is 2.32. The van der Waals surface area contributed by atoms with Gasteiger partial charge in [0.25, 0.3) is 0 Å². The van der Waals surface area contributed by atoms with Crippen LogP contribution in [0.15, 0.2) is 24.3 Å². The smallest absolute Gasteiger partial charge is 0.379 e. The Morgan fingerprint density at radius 2 is 1.31 bits per heavy atom. The van der Waals surface area contributed by atoms with E-state index in [4.69, 9.17) is 4.74 Å². The van der Waals surface area contributed by atoms with Crippen molar-refractivity contribution in [2.75, 3.05) is 7.11 Å². The zero-order chi connectivity index (χ0) is 21.8. The Hall–Kier alpha value is -1.03. The van der Waals surface area contributed by atoms with E-state index >= 15 is 0 Å². The summed E-state index contributed by atoms with van der Waals surface area (Å²) in [5.41, 5.74) is 0.316. The summed E-state index contributed by atoms with van der Waals surface area (Å²) in [5.74, 6) is 0.560. The first-order valence-corrected chi connectivity index (χ1v) is 11.4. The number of hydrogen-bond acceptors (Lipinski definition) is 1. The maximum absolute atomic E-state index is 12.6. The summed E-state index contributed by atoms with van der Waals surface area (Å²) in [6.45, 7) is 6.63. The Morgan fingerprint density at radius 3 is 1.83 bits per heavy atom. The minimum Gasteiger partial charge on any atom is -0.379 e. The van der Waals surface area contributed by atoms with Gasteiger partial charge in [-0.25, -0.2) is 0 Å². The van der Waals surface area contributed by atoms with E-state index in [0.717, 1.165) is 37.7 Å². The van der Waals surface area contributed by atoms with E-state index in [-0.39, 0.29) is 5.60 Å². The molecule has 0 heterocycles. The van der Waals surface area contributed by atoms with Crippen LogP contribution >= 0.6 is 0 Å². The largest absolute Gasteiger partial charge is 0.416 e. The number of methoxy groups -OCH3 is 1. The summed E-state index contributed by atoms with van der Waals surface area (Å²) >= 11 is 0. The van der Waals surface area contributed by atoms with Gasteiger partial charge in [-0.15, -0.1) is 0 Å². The number of aryl methyl sites for hydroxylation is 1. The van der Waals surface area contributed by atoms with Crippen LogP contribution in [0.1, 0.15) is 103 Å². The van der Waals surface area contributed by atoms with Gasteiger partial charge < -0.3 is 4.74 Å². The maximum atomic E-state index is 12.6. The summed E-state index contributed by atoms with van der Waals surface area (Å²) in [7, 11) is 1.80. The van der Waals surface area contributed by atoms with E-state index in [1.54, 1.807) is 19.2 Å². The second-order valence-corrected chi connectivity index (χ2v) is 8.85. The molecule has 1 unspecified atom stereocenters. The van der Waals surface area contributed by atoms with Gasteiger partial charge >= 0.3 is 6.18 Å². The monoisotopic (exact) mass is 414 g/mol. The van der Waals surface area contributed by atoms with Crippen molar-refractivity contribution < 1.29 is 17.9 Å². The lowest BCUT2D eigenvalue weighted by Crippen LogP contribution is -2.33. The average molecular weight is 415 g/mol. The molecule has 0 aliphatic carbocycles. The molecule has 4 heteroatoms. The Kier molecular flexibility index (Phi) is 11.9. The number of halogens is 3. The highest BCUT2D eigenvalue weighted by atomic mass is 19.4. The molecule has 0 saturated heterocycles. The zero-order valence-electron chi connectivity index (χ0n) is 18.9. The van der Waals surface area contributed by atoms with Gasteiger partial charge in [0.05, 0.1) is 11.2 Å². The maximum Gasteiger partial charge on any atom is 0.416 e. The second kappa shape index (κ2) is 13.3. The van der Waals surface area contributed by atoms with Crippen LogP contribution in [-0.4, -0.2) is 12.7 Å². The van der Waals surface area contributed by atoms with E-state index in [0.29, 0.717) is 5.92 Å². The number of benzene rings is 1. The summed E-state index contributed by atoms with van der Waals surface area (Å²) in [5, 5.41) is 0. The molecule has 1 rings (SSSR count). The summed E-state index contributed by atoms with van der Waals surface area (Å²) in [6, 6.07) is 5.59. The van der Waals surface area contributed by atoms with Crippen LogP contribution in [0.2, 0.25) is 0 Å². The molecule has 0 amide bonds. The van der Waals surface area contributed by atoms with E-state index in [1.165, 1.54) is 57.1 Å². The van der Waals surface area contributed by atoms with E-state index in [1.807, 2.05) is 0 Å². The fraction of sp³-hybridized carbons (Fsp3) is 0.760. The highest BCUT2D eigenvalue weighted by Gasteiger charge is 2.30. The minimum absolute atomic E-state index is 0.100. The standard InChI is InChI=1S/C25H41F3O/c1-5-6-7-8-9-12-15-22(24(2,3)29-4)16-13-10-11-14-21-17-19-23(20-18-21)25(26,27)28/h17-20,22H,5-16H2,1-4H3. The van der Waals surface area contributed by atoms with Gasteiger partial charge in [0.1, 0.15) is 0 Å². The number of unbranched alkanes of at least 4 members (excludes halogenated alkanes) is 7. The number of alkyl halides is 3. The Labute approximate surface area is 176 Å². The molecular weight excluding hydrogens is 373 g/mol. The molecule has 1 nitrogen and oxygen atoms in total. The van der Waals surface area contributed by atoms with Crippen molar-refractivity contribution in [2.24, 2.45) is 5.92 Å². The van der Waals surface area contributed by atoms with Gasteiger partial charge in [0.2, 0.25) is 0 Å². The van der Waals surface area contributed by atoms with Crippen molar-refractivity contribution in [3.05, 3.63) is 35.4 Å². The fourth-order valence-corrected chi connectivity index (χ4v) is 3.93. The van der Waals surface area contributed by atoms with Crippen molar-refractivity contribution >= 4 is 0 Å². The van der Waals surface area contributed by atoms with Crippen LogP contribution in [0.4, 0.5) is 13.2 Å². The Morgan fingerprint density at radius 1 is 0.793 bits per heavy atom. The lowest BCUT2D eigenvalue weighted by atomic mass is 9.82. The molecular formula is C25H41F3O. The molecule has 0 spiro atoms. The molecule has 0 aliphatic heterocycles. The molecule has 168 valence electrons. The Bertz CT molecular complexity index is 534. The molecule has 1 atom stereocenters. The van der Waals surface area contributed by atoms with Gasteiger partial charge in [0.15, 0.2) is 0 Å². The van der Waals surface area contributed by atoms with Gasteiger partial charge in [-0.2, -0.15) is 13.2 Å². The third-order valence-corrected chi connectivity index (χ3v) is 6.21. The topological polar surface area (TPSA) is 9.23 Å². The molecule has 0 fully saturated rings. The van der Waals surface area contributed by atoms with Crippen LogP contribution in [0.5, 0.6) is 0 Å². The van der Waals surface area contributed by atoms with E-state index in [9.17, 15) is 13.2 Å². The molecule has 0 N–H and O–H groups in total. The second-order valence-electron chi connectivity index (χ2n) is 8.85. The van der Waals surface area contributed by atoms with Crippen LogP contribution in [0, 0.1) is 5.92 Å². The third kappa shape index (κ3) is 10.5. The van der Waals surface area contributed by atoms with E-state index in [2.05, 4.69) is 20.8 Å². The average Bonchev–Trinajstić information content (AvgIpc) is 2.68. The molecule has 0 aliphatic rings. The first-order chi connectivity index (χ1) is 13.7. The van der Waals surface area contributed by atoms with Gasteiger partial charge in [-0.05, 0) is 63.1 Å². The van der Waals surface area contributed by atoms with Crippen LogP contribution in [-0.2, 0) is 17.3 Å². The number of ether oxygens (including phenoxy) is 1. The van der Waals surface area contributed by atoms with E-state index < -0.39 is 11.7 Å². The summed E-state index contributed by atoms with van der Waals surface area (Å²) < 4.78 is 43.7. The van der Waals surface area contributed by atoms with Crippen LogP contribution in [0.3, 0.4) is 0 Å². The normalized spacial score (nSPS) is 13.6. The first-order valence-electron chi connectivity index (χ1n) is 11.4. The highest BCUT2D eigenvalue weighted by molar-refractivity contribution is 5.24. The fourth-order valence-electron chi connectivity index (χ4n) is 3.93. The molecule has 1 aromatic rings. The highest BCUT2D eigenvalue weighted by Crippen LogP contribution is 2.31. The molecule has 1 aromatic carbocycles. The molecule has 0 aromatic heterocycles. The van der Waals surface area contributed by atoms with Gasteiger partial charge in [-0.1, -0.05) is 70.4 Å². The van der Waals surface area contributed by atoms with Crippen molar-refractivity contribution in [2.45, 2.75) is 110 Å². The predicted octanol–water partition coefficient (Wildman–Crippen LogP) is 8.60. The van der Waals surface area contributed by atoms with Crippen LogP contribution < -0.4 is 0 Å². The lowest BCUT2D eigenvalue weighted by molar-refractivity contribution is -0.137. The van der Waals surface area contributed by atoms with Crippen molar-refractivity contribution in [1.82, 2.24) is 0 Å². The third-order valence-electron chi connectivity index (χ3n) is 6.21. The predicted molar refractivity (Wildman–Crippen MR) is 116 cm³/mol. The molecule has 0 bridgehead atoms. The lowest BCUT2D eigenvalue weighted by Gasteiger charge is -2.33. The summed E-state index contributed by atoms with van der Waals surface area (Å²) in [4.78, 5) is 0. The molecule has 29 heavy (non-hydrogen) atoms.